The van der Waals surface area contributed by atoms with Gasteiger partial charge in [-0.1, -0.05) is 72.8 Å². The molecule has 356 valence electrons. The molecule has 14 heteroatoms. The van der Waals surface area contributed by atoms with Crippen molar-refractivity contribution in [2.24, 2.45) is 0 Å². The van der Waals surface area contributed by atoms with E-state index in [1.165, 1.54) is 24.3 Å². The van der Waals surface area contributed by atoms with E-state index in [-0.39, 0.29) is 88.3 Å². The lowest BCUT2D eigenvalue weighted by Gasteiger charge is -2.32. The summed E-state index contributed by atoms with van der Waals surface area (Å²) in [5.41, 5.74) is -2.53. The van der Waals surface area contributed by atoms with Crippen molar-refractivity contribution in [1.29, 1.82) is 0 Å². The van der Waals surface area contributed by atoms with Gasteiger partial charge in [0.2, 0.25) is 0 Å². The Labute approximate surface area is 411 Å². The van der Waals surface area contributed by atoms with Crippen LogP contribution < -0.4 is 18.9 Å². The van der Waals surface area contributed by atoms with Gasteiger partial charge >= 0.3 is 12.2 Å². The van der Waals surface area contributed by atoms with Crippen LogP contribution in [0.4, 0.5) is 9.59 Å². The van der Waals surface area contributed by atoms with Crippen LogP contribution in [0.2, 0.25) is 0 Å². The molecule has 0 N–H and O–H groups in total. The van der Waals surface area contributed by atoms with Gasteiger partial charge in [-0.25, -0.2) is 9.59 Å². The Bertz CT molecular complexity index is 3310. The van der Waals surface area contributed by atoms with Gasteiger partial charge in [-0.15, -0.1) is 0 Å². The van der Waals surface area contributed by atoms with E-state index in [1.54, 1.807) is 163 Å². The van der Waals surface area contributed by atoms with Crippen LogP contribution in [0.3, 0.4) is 0 Å². The molecule has 0 saturated heterocycles. The molecule has 0 aliphatic carbocycles. The van der Waals surface area contributed by atoms with Gasteiger partial charge in [-0.3, -0.25) is 19.2 Å². The van der Waals surface area contributed by atoms with Gasteiger partial charge < -0.3 is 28.4 Å². The second-order valence-corrected chi connectivity index (χ2v) is 19.2. The molecular formula is C58H42N2O12. The number of hydrogen-bond donors (Lipinski definition) is 0. The summed E-state index contributed by atoms with van der Waals surface area (Å²) in [4.78, 5) is 89.1. The van der Waals surface area contributed by atoms with E-state index in [0.29, 0.717) is 32.8 Å². The first-order chi connectivity index (χ1) is 34.5. The molecular weight excluding hydrogens is 917 g/mol. The predicted octanol–water partition coefficient (Wildman–Crippen LogP) is 14.0. The van der Waals surface area contributed by atoms with E-state index in [1.807, 2.05) is 0 Å². The van der Waals surface area contributed by atoms with Crippen LogP contribution >= 0.6 is 0 Å². The Morgan fingerprint density at radius 3 is 0.764 bits per heavy atom. The molecule has 9 aromatic carbocycles. The van der Waals surface area contributed by atoms with Gasteiger partial charge in [-0.2, -0.15) is 9.80 Å². The summed E-state index contributed by atoms with van der Waals surface area (Å²) in [6.07, 6.45) is -2.38. The number of para-hydroxylation sites is 4. The number of rotatable bonds is 8. The maximum absolute atomic E-state index is 15.0. The highest BCUT2D eigenvalue weighted by Crippen LogP contribution is 2.58. The molecule has 0 aromatic heterocycles. The zero-order valence-electron chi connectivity index (χ0n) is 39.6. The van der Waals surface area contributed by atoms with Crippen LogP contribution in [0.1, 0.15) is 83.0 Å². The van der Waals surface area contributed by atoms with E-state index in [0.717, 1.165) is 0 Å². The normalized spacial score (nSPS) is 13.6. The van der Waals surface area contributed by atoms with E-state index in [4.69, 9.17) is 28.4 Å². The molecule has 0 radical (unpaired) electrons. The molecule has 0 atom stereocenters. The summed E-state index contributed by atoms with van der Waals surface area (Å²) in [5, 5.41) is 1.83. The molecule has 72 heavy (non-hydrogen) atoms. The molecule has 2 aliphatic heterocycles. The first-order valence-electron chi connectivity index (χ1n) is 23.0. The zero-order chi connectivity index (χ0) is 50.4. The zero-order valence-corrected chi connectivity index (χ0v) is 39.6. The number of nitrogens with zero attached hydrogens (tertiary/aromatic N) is 2. The highest BCUT2D eigenvalue weighted by Gasteiger charge is 2.45. The molecule has 14 nitrogen and oxygen atoms in total. The second kappa shape index (κ2) is 16.7. The third-order valence-electron chi connectivity index (χ3n) is 11.9. The minimum atomic E-state index is -1.19. The molecule has 2 heterocycles. The van der Waals surface area contributed by atoms with Crippen LogP contribution in [0.25, 0.3) is 43.1 Å². The van der Waals surface area contributed by atoms with Crippen molar-refractivity contribution in [3.8, 4) is 46.0 Å². The van der Waals surface area contributed by atoms with Crippen molar-refractivity contribution in [3.05, 3.63) is 168 Å². The number of carbonyl (C=O) groups excluding carboxylic acids is 6. The largest absolute Gasteiger partial charge is 0.457 e. The maximum atomic E-state index is 15.0. The van der Waals surface area contributed by atoms with Gasteiger partial charge in [0.05, 0.1) is 22.3 Å². The third kappa shape index (κ3) is 7.60. The monoisotopic (exact) mass is 958 g/mol. The molecule has 0 unspecified atom stereocenters. The molecule has 11 rings (SSSR count). The van der Waals surface area contributed by atoms with Crippen LogP contribution in [0, 0.1) is 0 Å². The number of ether oxygens (including phenoxy) is 6. The quantitative estimate of drug-likeness (QED) is 0.0805. The van der Waals surface area contributed by atoms with Gasteiger partial charge in [0.15, 0.2) is 0 Å². The maximum Gasteiger partial charge on any atom is 0.424 e. The highest BCUT2D eigenvalue weighted by atomic mass is 16.6. The van der Waals surface area contributed by atoms with E-state index in [9.17, 15) is 9.59 Å². The minimum absolute atomic E-state index is 0.0539. The van der Waals surface area contributed by atoms with E-state index >= 15 is 19.2 Å². The summed E-state index contributed by atoms with van der Waals surface area (Å²) in [5.74, 6) is -2.35. The number of amides is 6. The SMILES string of the molecule is CC(C)(C)OC(=O)N1C(=O)c2cc(Oc3ccccc3)c3c4c(Oc5ccccc5)cc5c6c(cc(Oc7ccccc7)c(c7c(Oc8ccccc8)cc(c2c37)C1=O)c64)C(=O)N(C(=O)OC(C)(C)C)C5=O. The lowest BCUT2D eigenvalue weighted by atomic mass is 9.80. The molecule has 0 saturated carbocycles. The van der Waals surface area contributed by atoms with Gasteiger partial charge in [0, 0.05) is 43.1 Å². The van der Waals surface area contributed by atoms with E-state index < -0.39 is 47.0 Å². The van der Waals surface area contributed by atoms with Gasteiger partial charge in [0.1, 0.15) is 57.2 Å². The second-order valence-electron chi connectivity index (χ2n) is 19.2. The molecule has 6 amide bonds. The lowest BCUT2D eigenvalue weighted by molar-refractivity contribution is 0.0209. The Hall–Kier alpha value is -9.30. The smallest absolute Gasteiger partial charge is 0.424 e. The third-order valence-corrected chi connectivity index (χ3v) is 11.9. The van der Waals surface area contributed by atoms with Crippen LogP contribution in [0.15, 0.2) is 146 Å². The fraction of sp³-hybridized carbons (Fsp3) is 0.138. The van der Waals surface area contributed by atoms with Crippen molar-refractivity contribution in [2.75, 3.05) is 0 Å². The Morgan fingerprint density at radius 2 is 0.556 bits per heavy atom. The van der Waals surface area contributed by atoms with Crippen molar-refractivity contribution < 1.29 is 57.2 Å². The van der Waals surface area contributed by atoms with Crippen molar-refractivity contribution in [2.45, 2.75) is 52.7 Å². The van der Waals surface area contributed by atoms with Crippen molar-refractivity contribution in [3.63, 3.8) is 0 Å². The molecule has 0 spiro atoms. The fourth-order valence-corrected chi connectivity index (χ4v) is 9.24. The lowest BCUT2D eigenvalue weighted by Crippen LogP contribution is -2.47. The van der Waals surface area contributed by atoms with Crippen molar-refractivity contribution >= 4 is 78.9 Å². The number of fused-ring (bicyclic) bond motifs is 2. The summed E-state index contributed by atoms with van der Waals surface area (Å²) in [7, 11) is 0. The van der Waals surface area contributed by atoms with Crippen LogP contribution in [0.5, 0.6) is 46.0 Å². The average Bonchev–Trinajstić information content (AvgIpc) is 3.33. The summed E-state index contributed by atoms with van der Waals surface area (Å²) in [6, 6.07) is 40.9. The number of hydrogen-bond acceptors (Lipinski definition) is 12. The Morgan fingerprint density at radius 1 is 0.333 bits per heavy atom. The first kappa shape index (κ1) is 45.2. The molecule has 0 bridgehead atoms. The number of imide groups is 6. The Kier molecular flexibility index (Phi) is 10.5. The first-order valence-corrected chi connectivity index (χ1v) is 23.0. The summed E-state index contributed by atoms with van der Waals surface area (Å²) < 4.78 is 38.6. The average molecular weight is 959 g/mol. The number of benzene rings is 9. The topological polar surface area (TPSA) is 164 Å². The highest BCUT2D eigenvalue weighted by molar-refractivity contribution is 6.46. The minimum Gasteiger partial charge on any atom is -0.457 e. The number of carbonyl (C=O) groups is 6. The van der Waals surface area contributed by atoms with Crippen LogP contribution in [-0.2, 0) is 9.47 Å². The van der Waals surface area contributed by atoms with Gasteiger partial charge in [-0.05, 0) is 114 Å². The summed E-state index contributed by atoms with van der Waals surface area (Å²) >= 11 is 0. The Balaban J connectivity index is 1.38. The molecule has 0 fully saturated rings. The fourth-order valence-electron chi connectivity index (χ4n) is 9.24. The molecule has 9 aromatic rings. The standard InChI is InChI=1S/C58H42N2O12/c1-57(2,3)71-55(65)59-51(61)35-27-39(67-31-19-11-7-12-20-31)45-47-41(69-33-23-15-9-16-24-33)29-37-44-38(54(64)60(53(37)63)56(66)72-58(4,5)6)30-42(70-34-25-17-10-18-26-34)48(50(44)47)46-40(68-32-21-13-8-14-22-32)28-36(52(59)62)43(35)49(45)46/h7-30H,1-6H3. The van der Waals surface area contributed by atoms with Gasteiger partial charge in [0.25, 0.3) is 23.6 Å². The van der Waals surface area contributed by atoms with Crippen molar-refractivity contribution in [1.82, 2.24) is 9.80 Å². The predicted molar refractivity (Wildman–Crippen MR) is 267 cm³/mol. The van der Waals surface area contributed by atoms with E-state index in [2.05, 4.69) is 0 Å². The van der Waals surface area contributed by atoms with Crippen LogP contribution in [-0.4, -0.2) is 56.8 Å². The molecule has 2 aliphatic rings. The summed E-state index contributed by atoms with van der Waals surface area (Å²) in [6.45, 7) is 9.72.